The predicted molar refractivity (Wildman–Crippen MR) is 113 cm³/mol. The third kappa shape index (κ3) is 6.77. The molecule has 2 atom stereocenters. The third-order valence-electron chi connectivity index (χ3n) is 5.22. The molecule has 30 heavy (non-hydrogen) atoms. The Morgan fingerprint density at radius 3 is 2.60 bits per heavy atom. The molecule has 1 aliphatic heterocycles. The highest BCUT2D eigenvalue weighted by atomic mass is 32.2. The Kier molecular flexibility index (Phi) is 7.82. The molecule has 0 aliphatic carbocycles. The number of benzene rings is 2. The number of aliphatic hydroxyl groups excluding tert-OH is 1. The minimum absolute atomic E-state index is 0.118. The number of likely N-dealkylation sites (tertiary alicyclic amines) is 1. The van der Waals surface area contributed by atoms with Crippen molar-refractivity contribution in [1.29, 1.82) is 0 Å². The van der Waals surface area contributed by atoms with Crippen LogP contribution in [0, 0.1) is 18.7 Å². The lowest BCUT2D eigenvalue weighted by Gasteiger charge is -2.33. The first-order chi connectivity index (χ1) is 14.3. The maximum absolute atomic E-state index is 12.9. The molecule has 0 spiro atoms. The monoisotopic (exact) mass is 436 g/mol. The van der Waals surface area contributed by atoms with E-state index in [0.29, 0.717) is 25.4 Å². The van der Waals surface area contributed by atoms with Crippen LogP contribution in [-0.2, 0) is 10.0 Å². The number of nitrogens with one attached hydrogen (secondary N) is 1. The molecule has 8 heteroatoms. The Bertz CT molecular complexity index is 904. The SMILES string of the molecule is Cc1ccc(S(=O)(=O)NCC2CCCN(CC(O)COc3ccc(F)cc3)C2)cc1. The molecule has 0 saturated carbocycles. The van der Waals surface area contributed by atoms with Gasteiger partial charge in [0.15, 0.2) is 0 Å². The van der Waals surface area contributed by atoms with Gasteiger partial charge >= 0.3 is 0 Å². The lowest BCUT2D eigenvalue weighted by atomic mass is 9.98. The number of sulfonamides is 1. The molecule has 0 bridgehead atoms. The van der Waals surface area contributed by atoms with Crippen molar-refractivity contribution in [3.8, 4) is 5.75 Å². The van der Waals surface area contributed by atoms with E-state index in [1.807, 2.05) is 6.92 Å². The topological polar surface area (TPSA) is 78.9 Å². The van der Waals surface area contributed by atoms with Gasteiger partial charge in [-0.2, -0.15) is 0 Å². The van der Waals surface area contributed by atoms with Crippen molar-refractivity contribution >= 4 is 10.0 Å². The standard InChI is InChI=1S/C22H29FN2O4S/c1-17-4-10-22(11-5-17)30(27,28)24-13-18-3-2-12-25(14-18)15-20(26)16-29-21-8-6-19(23)7-9-21/h4-11,18,20,24,26H,2-3,12-16H2,1H3. The molecule has 164 valence electrons. The summed E-state index contributed by atoms with van der Waals surface area (Å²) < 4.78 is 46.1. The van der Waals surface area contributed by atoms with Crippen LogP contribution in [0.1, 0.15) is 18.4 Å². The Morgan fingerprint density at radius 2 is 1.90 bits per heavy atom. The maximum Gasteiger partial charge on any atom is 0.240 e. The molecule has 1 fully saturated rings. The van der Waals surface area contributed by atoms with Gasteiger partial charge in [0, 0.05) is 19.6 Å². The first kappa shape index (κ1) is 22.7. The highest BCUT2D eigenvalue weighted by Crippen LogP contribution is 2.18. The number of nitrogens with zero attached hydrogens (tertiary/aromatic N) is 1. The van der Waals surface area contributed by atoms with Crippen LogP contribution in [0.25, 0.3) is 0 Å². The molecular formula is C22H29FN2O4S. The maximum atomic E-state index is 12.9. The van der Waals surface area contributed by atoms with Gasteiger partial charge in [-0.1, -0.05) is 17.7 Å². The third-order valence-corrected chi connectivity index (χ3v) is 6.66. The zero-order valence-electron chi connectivity index (χ0n) is 17.1. The van der Waals surface area contributed by atoms with Gasteiger partial charge in [0.05, 0.1) is 4.90 Å². The smallest absolute Gasteiger partial charge is 0.240 e. The number of aliphatic hydroxyl groups is 1. The predicted octanol–water partition coefficient (Wildman–Crippen LogP) is 2.56. The van der Waals surface area contributed by atoms with E-state index in [0.717, 1.165) is 24.9 Å². The van der Waals surface area contributed by atoms with Crippen molar-refractivity contribution in [3.63, 3.8) is 0 Å². The second-order valence-electron chi connectivity index (χ2n) is 7.85. The van der Waals surface area contributed by atoms with Gasteiger partial charge in [-0.15, -0.1) is 0 Å². The summed E-state index contributed by atoms with van der Waals surface area (Å²) in [6.07, 6.45) is 1.20. The first-order valence-electron chi connectivity index (χ1n) is 10.2. The van der Waals surface area contributed by atoms with Crippen molar-refractivity contribution in [2.75, 3.05) is 32.8 Å². The summed E-state index contributed by atoms with van der Waals surface area (Å²) in [5, 5.41) is 10.3. The fourth-order valence-corrected chi connectivity index (χ4v) is 4.70. The summed E-state index contributed by atoms with van der Waals surface area (Å²) >= 11 is 0. The Balaban J connectivity index is 1.44. The number of β-amino-alcohol motifs (C(OH)–C–C–N with tert-alkyl or cyclic N) is 1. The average Bonchev–Trinajstić information content (AvgIpc) is 2.73. The summed E-state index contributed by atoms with van der Waals surface area (Å²) in [6.45, 7) is 4.42. The van der Waals surface area contributed by atoms with Crippen molar-refractivity contribution in [2.24, 2.45) is 5.92 Å². The molecule has 3 rings (SSSR count). The van der Waals surface area contributed by atoms with Crippen LogP contribution in [0.4, 0.5) is 4.39 Å². The van der Waals surface area contributed by atoms with E-state index in [-0.39, 0.29) is 23.2 Å². The van der Waals surface area contributed by atoms with Crippen molar-refractivity contribution in [3.05, 3.63) is 59.9 Å². The Labute approximate surface area is 177 Å². The van der Waals surface area contributed by atoms with E-state index in [1.165, 1.54) is 24.3 Å². The quantitative estimate of drug-likeness (QED) is 0.632. The van der Waals surface area contributed by atoms with Crippen molar-refractivity contribution in [2.45, 2.75) is 30.8 Å². The van der Waals surface area contributed by atoms with E-state index >= 15 is 0 Å². The second kappa shape index (κ2) is 10.3. The lowest BCUT2D eigenvalue weighted by molar-refractivity contribution is 0.0524. The van der Waals surface area contributed by atoms with Crippen LogP contribution in [0.5, 0.6) is 5.75 Å². The van der Waals surface area contributed by atoms with Crippen LogP contribution in [0.2, 0.25) is 0 Å². The van der Waals surface area contributed by atoms with Crippen LogP contribution < -0.4 is 9.46 Å². The number of hydrogen-bond acceptors (Lipinski definition) is 5. The molecule has 2 N–H and O–H groups in total. The van der Waals surface area contributed by atoms with E-state index in [1.54, 1.807) is 24.3 Å². The molecule has 6 nitrogen and oxygen atoms in total. The largest absolute Gasteiger partial charge is 0.491 e. The highest BCUT2D eigenvalue weighted by molar-refractivity contribution is 7.89. The number of halogens is 1. The van der Waals surface area contributed by atoms with Crippen LogP contribution in [0.3, 0.4) is 0 Å². The van der Waals surface area contributed by atoms with Gasteiger partial charge in [0.25, 0.3) is 0 Å². The Morgan fingerprint density at radius 1 is 1.20 bits per heavy atom. The molecule has 2 aromatic carbocycles. The van der Waals surface area contributed by atoms with Gasteiger partial charge in [0.1, 0.15) is 24.3 Å². The molecular weight excluding hydrogens is 407 g/mol. The minimum Gasteiger partial charge on any atom is -0.491 e. The van der Waals surface area contributed by atoms with Gasteiger partial charge in [-0.05, 0) is 68.6 Å². The van der Waals surface area contributed by atoms with Gasteiger partial charge < -0.3 is 14.7 Å². The summed E-state index contributed by atoms with van der Waals surface area (Å²) in [5.41, 5.74) is 1.01. The zero-order valence-corrected chi connectivity index (χ0v) is 17.9. The number of hydrogen-bond donors (Lipinski definition) is 2. The molecule has 1 heterocycles. The summed E-state index contributed by atoms with van der Waals surface area (Å²) in [5.74, 6) is 0.363. The van der Waals surface area contributed by atoms with Crippen LogP contribution >= 0.6 is 0 Å². The highest BCUT2D eigenvalue weighted by Gasteiger charge is 2.24. The van der Waals surface area contributed by atoms with E-state index in [4.69, 9.17) is 4.74 Å². The molecule has 2 unspecified atom stereocenters. The normalized spacial score (nSPS) is 18.8. The fourth-order valence-electron chi connectivity index (χ4n) is 3.59. The van der Waals surface area contributed by atoms with Crippen molar-refractivity contribution < 1.29 is 22.7 Å². The zero-order chi connectivity index (χ0) is 21.6. The Hall–Kier alpha value is -2.00. The van der Waals surface area contributed by atoms with Crippen molar-refractivity contribution in [1.82, 2.24) is 9.62 Å². The van der Waals surface area contributed by atoms with E-state index in [9.17, 15) is 17.9 Å². The first-order valence-corrected chi connectivity index (χ1v) is 11.7. The molecule has 0 amide bonds. The van der Waals surface area contributed by atoms with Crippen LogP contribution in [0.15, 0.2) is 53.4 Å². The van der Waals surface area contributed by atoms with Crippen LogP contribution in [-0.4, -0.2) is 57.3 Å². The molecule has 1 saturated heterocycles. The lowest BCUT2D eigenvalue weighted by Crippen LogP contribution is -2.44. The number of aryl methyl sites for hydroxylation is 1. The molecule has 0 radical (unpaired) electrons. The number of rotatable bonds is 9. The van der Waals surface area contributed by atoms with E-state index < -0.39 is 16.1 Å². The average molecular weight is 437 g/mol. The summed E-state index contributed by atoms with van der Waals surface area (Å²) in [4.78, 5) is 2.40. The second-order valence-corrected chi connectivity index (χ2v) is 9.62. The number of piperidine rings is 1. The molecule has 0 aromatic heterocycles. The fraction of sp³-hybridized carbons (Fsp3) is 0.455. The number of ether oxygens (including phenoxy) is 1. The van der Waals surface area contributed by atoms with Gasteiger partial charge in [-0.3, -0.25) is 0 Å². The van der Waals surface area contributed by atoms with E-state index in [2.05, 4.69) is 9.62 Å². The molecule has 2 aromatic rings. The molecule has 1 aliphatic rings. The van der Waals surface area contributed by atoms with Gasteiger partial charge in [-0.25, -0.2) is 17.5 Å². The minimum atomic E-state index is -3.52. The van der Waals surface area contributed by atoms with Gasteiger partial charge in [0.2, 0.25) is 10.0 Å². The summed E-state index contributed by atoms with van der Waals surface area (Å²) in [6, 6.07) is 12.5. The summed E-state index contributed by atoms with van der Waals surface area (Å²) in [7, 11) is -3.52.